The van der Waals surface area contributed by atoms with Crippen LogP contribution in [0.15, 0.2) is 24.3 Å². The van der Waals surface area contributed by atoms with Crippen molar-refractivity contribution in [1.29, 1.82) is 0 Å². The van der Waals surface area contributed by atoms with Crippen LogP contribution in [0.2, 0.25) is 0 Å². The van der Waals surface area contributed by atoms with Crippen LogP contribution < -0.4 is 11.3 Å². The number of aromatic nitrogens is 1. The molecule has 2 aromatic rings. The summed E-state index contributed by atoms with van der Waals surface area (Å²) in [5.41, 5.74) is 3.59. The van der Waals surface area contributed by atoms with Gasteiger partial charge in [0.15, 0.2) is 0 Å². The van der Waals surface area contributed by atoms with E-state index in [2.05, 4.69) is 16.5 Å². The second kappa shape index (κ2) is 5.96. The molecular formula is C14H21N3OS. The molecule has 0 radical (unpaired) electrons. The average molecular weight is 279 g/mol. The zero-order chi connectivity index (χ0) is 13.9. The summed E-state index contributed by atoms with van der Waals surface area (Å²) in [6, 6.07) is 8.21. The number of para-hydroxylation sites is 1. The lowest BCUT2D eigenvalue weighted by molar-refractivity contribution is -0.0380. The number of nitrogens with two attached hydrogens (primary N) is 1. The Morgan fingerprint density at radius 2 is 2.16 bits per heavy atom. The SMILES string of the molecule is CCOC(C)(C)C(Cc1nc2ccccc2s1)NN. The van der Waals surface area contributed by atoms with E-state index in [0.29, 0.717) is 6.61 Å². The topological polar surface area (TPSA) is 60.2 Å². The lowest BCUT2D eigenvalue weighted by Crippen LogP contribution is -2.52. The van der Waals surface area contributed by atoms with E-state index < -0.39 is 0 Å². The molecule has 1 atom stereocenters. The van der Waals surface area contributed by atoms with Crippen molar-refractivity contribution in [2.45, 2.75) is 38.8 Å². The molecule has 0 bridgehead atoms. The van der Waals surface area contributed by atoms with E-state index in [9.17, 15) is 0 Å². The van der Waals surface area contributed by atoms with Crippen LogP contribution in [0.4, 0.5) is 0 Å². The summed E-state index contributed by atoms with van der Waals surface area (Å²) in [7, 11) is 0. The average Bonchev–Trinajstić information content (AvgIpc) is 2.78. The molecule has 0 aliphatic carbocycles. The minimum absolute atomic E-state index is 0.0352. The van der Waals surface area contributed by atoms with E-state index in [1.165, 1.54) is 4.70 Å². The van der Waals surface area contributed by atoms with Crippen LogP contribution in [0.3, 0.4) is 0 Å². The third-order valence-corrected chi connectivity index (χ3v) is 4.33. The first kappa shape index (κ1) is 14.4. The van der Waals surface area contributed by atoms with Crippen molar-refractivity contribution >= 4 is 21.6 Å². The Bertz CT molecular complexity index is 505. The summed E-state index contributed by atoms with van der Waals surface area (Å²) in [5, 5.41) is 1.08. The van der Waals surface area contributed by atoms with Gasteiger partial charge in [-0.05, 0) is 32.9 Å². The third-order valence-electron chi connectivity index (χ3n) is 3.27. The Hall–Kier alpha value is -1.01. The first-order chi connectivity index (χ1) is 9.06. The van der Waals surface area contributed by atoms with Crippen molar-refractivity contribution in [2.75, 3.05) is 6.61 Å². The van der Waals surface area contributed by atoms with Gasteiger partial charge in [0.25, 0.3) is 0 Å². The molecule has 0 saturated carbocycles. The number of benzene rings is 1. The van der Waals surface area contributed by atoms with Crippen LogP contribution in [-0.2, 0) is 11.2 Å². The van der Waals surface area contributed by atoms with Crippen LogP contribution in [0.1, 0.15) is 25.8 Å². The van der Waals surface area contributed by atoms with Crippen molar-refractivity contribution in [3.8, 4) is 0 Å². The Kier molecular flexibility index (Phi) is 4.52. The Morgan fingerprint density at radius 1 is 1.42 bits per heavy atom. The Balaban J connectivity index is 2.18. The molecule has 0 amide bonds. The predicted molar refractivity (Wildman–Crippen MR) is 80.1 cm³/mol. The fourth-order valence-electron chi connectivity index (χ4n) is 2.16. The normalized spacial score (nSPS) is 13.9. The number of thiazole rings is 1. The van der Waals surface area contributed by atoms with Gasteiger partial charge in [0.1, 0.15) is 0 Å². The highest BCUT2D eigenvalue weighted by Gasteiger charge is 2.30. The van der Waals surface area contributed by atoms with Gasteiger partial charge in [-0.2, -0.15) is 0 Å². The van der Waals surface area contributed by atoms with E-state index in [0.717, 1.165) is 16.9 Å². The standard InChI is InChI=1S/C14H21N3OS/c1-4-18-14(2,3)12(17-15)9-13-16-10-7-5-6-8-11(10)19-13/h5-8,12,17H,4,9,15H2,1-3H3. The number of ether oxygens (including phenoxy) is 1. The van der Waals surface area contributed by atoms with Gasteiger partial charge < -0.3 is 4.74 Å². The summed E-state index contributed by atoms with van der Waals surface area (Å²) in [6.45, 7) is 6.76. The van der Waals surface area contributed by atoms with E-state index in [-0.39, 0.29) is 11.6 Å². The van der Waals surface area contributed by atoms with E-state index >= 15 is 0 Å². The molecule has 19 heavy (non-hydrogen) atoms. The second-order valence-electron chi connectivity index (χ2n) is 5.04. The number of fused-ring (bicyclic) bond motifs is 1. The molecule has 1 aromatic heterocycles. The number of hydrogen-bond donors (Lipinski definition) is 2. The molecule has 0 fully saturated rings. The molecule has 0 spiro atoms. The summed E-state index contributed by atoms with van der Waals surface area (Å²) in [4.78, 5) is 4.64. The zero-order valence-corrected chi connectivity index (χ0v) is 12.5. The maximum absolute atomic E-state index is 5.76. The molecular weight excluding hydrogens is 258 g/mol. The van der Waals surface area contributed by atoms with Gasteiger partial charge in [-0.25, -0.2) is 4.98 Å². The Morgan fingerprint density at radius 3 is 2.79 bits per heavy atom. The van der Waals surface area contributed by atoms with Crippen LogP contribution in [0.5, 0.6) is 0 Å². The molecule has 1 aromatic carbocycles. The monoisotopic (exact) mass is 279 g/mol. The second-order valence-corrected chi connectivity index (χ2v) is 6.15. The smallest absolute Gasteiger partial charge is 0.0955 e. The number of hydrazine groups is 1. The molecule has 0 aliphatic heterocycles. The predicted octanol–water partition coefficient (Wildman–Crippen LogP) is 2.49. The van der Waals surface area contributed by atoms with Crippen molar-refractivity contribution in [3.05, 3.63) is 29.3 Å². The molecule has 3 N–H and O–H groups in total. The van der Waals surface area contributed by atoms with Crippen LogP contribution in [0, 0.1) is 0 Å². The Labute approximate surface area is 118 Å². The fourth-order valence-corrected chi connectivity index (χ4v) is 3.17. The zero-order valence-electron chi connectivity index (χ0n) is 11.6. The molecule has 5 heteroatoms. The third kappa shape index (κ3) is 3.30. The molecule has 1 heterocycles. The maximum atomic E-state index is 5.76. The van der Waals surface area contributed by atoms with Gasteiger partial charge in [-0.1, -0.05) is 12.1 Å². The van der Waals surface area contributed by atoms with Gasteiger partial charge in [-0.15, -0.1) is 11.3 Å². The largest absolute Gasteiger partial charge is 0.374 e. The molecule has 0 saturated heterocycles. The number of rotatable bonds is 6. The first-order valence-corrected chi connectivity index (χ1v) is 7.33. The summed E-state index contributed by atoms with van der Waals surface area (Å²) < 4.78 is 6.97. The number of hydrogen-bond acceptors (Lipinski definition) is 5. The first-order valence-electron chi connectivity index (χ1n) is 6.51. The van der Waals surface area contributed by atoms with E-state index in [1.54, 1.807) is 11.3 Å². The quantitative estimate of drug-likeness (QED) is 0.630. The van der Waals surface area contributed by atoms with Gasteiger partial charge in [0.2, 0.25) is 0 Å². The van der Waals surface area contributed by atoms with Crippen LogP contribution in [-0.4, -0.2) is 23.2 Å². The van der Waals surface area contributed by atoms with Gasteiger partial charge in [0, 0.05) is 13.0 Å². The van der Waals surface area contributed by atoms with Crippen molar-refractivity contribution in [3.63, 3.8) is 0 Å². The van der Waals surface area contributed by atoms with Gasteiger partial charge in [-0.3, -0.25) is 11.3 Å². The summed E-state index contributed by atoms with van der Waals surface area (Å²) >= 11 is 1.71. The minimum atomic E-state index is -0.318. The van der Waals surface area contributed by atoms with Crippen molar-refractivity contribution in [2.24, 2.45) is 5.84 Å². The summed E-state index contributed by atoms with van der Waals surface area (Å²) in [6.07, 6.45) is 0.767. The van der Waals surface area contributed by atoms with E-state index in [4.69, 9.17) is 10.6 Å². The molecule has 104 valence electrons. The maximum Gasteiger partial charge on any atom is 0.0955 e. The molecule has 4 nitrogen and oxygen atoms in total. The number of nitrogens with zero attached hydrogens (tertiary/aromatic N) is 1. The van der Waals surface area contributed by atoms with Crippen LogP contribution in [0.25, 0.3) is 10.2 Å². The lowest BCUT2D eigenvalue weighted by atomic mass is 9.96. The minimum Gasteiger partial charge on any atom is -0.374 e. The fraction of sp³-hybridized carbons (Fsp3) is 0.500. The highest BCUT2D eigenvalue weighted by atomic mass is 32.1. The van der Waals surface area contributed by atoms with Crippen molar-refractivity contribution < 1.29 is 4.74 Å². The highest BCUT2D eigenvalue weighted by molar-refractivity contribution is 7.18. The molecule has 1 unspecified atom stereocenters. The van der Waals surface area contributed by atoms with E-state index in [1.807, 2.05) is 39.0 Å². The van der Waals surface area contributed by atoms with Gasteiger partial charge >= 0.3 is 0 Å². The summed E-state index contributed by atoms with van der Waals surface area (Å²) in [5.74, 6) is 5.68. The van der Waals surface area contributed by atoms with Crippen molar-refractivity contribution in [1.82, 2.24) is 10.4 Å². The van der Waals surface area contributed by atoms with Crippen LogP contribution >= 0.6 is 11.3 Å². The lowest BCUT2D eigenvalue weighted by Gasteiger charge is -2.33. The highest BCUT2D eigenvalue weighted by Crippen LogP contribution is 2.25. The number of nitrogens with one attached hydrogen (secondary N) is 1. The van der Waals surface area contributed by atoms with Gasteiger partial charge in [0.05, 0.1) is 26.9 Å². The molecule has 0 aliphatic rings. The molecule has 2 rings (SSSR count).